The van der Waals surface area contributed by atoms with Crippen LogP contribution in [0.3, 0.4) is 0 Å². The number of alkyl carbamates (subject to hydrolysis) is 1. The number of non-ortho nitro benzene ring substituents is 1. The largest absolute Gasteiger partial charge is 1.00 e. The van der Waals surface area contributed by atoms with Gasteiger partial charge in [0.1, 0.15) is 25.5 Å². The van der Waals surface area contributed by atoms with Gasteiger partial charge in [-0.25, -0.2) is 22.5 Å². The van der Waals surface area contributed by atoms with Gasteiger partial charge in [-0.15, -0.1) is 11.3 Å². The van der Waals surface area contributed by atoms with Crippen molar-refractivity contribution in [1.29, 1.82) is 0 Å². The first kappa shape index (κ1) is 30.9. The molecule has 17 nitrogen and oxygen atoms in total. The van der Waals surface area contributed by atoms with Crippen molar-refractivity contribution < 1.29 is 71.4 Å². The Kier molecular flexibility index (Phi) is 10.5. The van der Waals surface area contributed by atoms with E-state index in [0.29, 0.717) is 5.56 Å². The molecule has 2 aromatic rings. The summed E-state index contributed by atoms with van der Waals surface area (Å²) in [5.41, 5.74) is 5.45. The number of anilines is 1. The molecule has 2 atom stereocenters. The maximum Gasteiger partial charge on any atom is 1.00 e. The number of nitrogens with one attached hydrogen (secondary N) is 2. The minimum absolute atomic E-state index is 0. The molecule has 1 aliphatic rings. The van der Waals surface area contributed by atoms with Crippen LogP contribution < -0.4 is 45.9 Å². The van der Waals surface area contributed by atoms with Crippen LogP contribution in [0.2, 0.25) is 0 Å². The van der Waals surface area contributed by atoms with Gasteiger partial charge in [0.15, 0.2) is 21.1 Å². The zero-order valence-corrected chi connectivity index (χ0v) is 23.4. The molecule has 1 aromatic heterocycles. The molecule has 20 heteroatoms. The van der Waals surface area contributed by atoms with E-state index in [-0.39, 0.29) is 62.7 Å². The third-order valence-electron chi connectivity index (χ3n) is 4.83. The van der Waals surface area contributed by atoms with Crippen molar-refractivity contribution in [2.75, 3.05) is 19.4 Å². The van der Waals surface area contributed by atoms with Gasteiger partial charge >= 0.3 is 35.7 Å². The molecule has 2 heterocycles. The molecule has 3 rings (SSSR count). The molecule has 0 radical (unpaired) electrons. The zero-order chi connectivity index (χ0) is 27.3. The first-order valence-electron chi connectivity index (χ1n) is 9.98. The number of ether oxygens (including phenoxy) is 1. The molecule has 198 valence electrons. The van der Waals surface area contributed by atoms with Crippen LogP contribution in [-0.2, 0) is 36.1 Å². The summed E-state index contributed by atoms with van der Waals surface area (Å²) in [5, 5.41) is 20.2. The molecule has 0 bridgehead atoms. The number of rotatable bonds is 10. The smallest absolute Gasteiger partial charge is 0.731 e. The number of benzene rings is 1. The molecule has 1 fully saturated rings. The van der Waals surface area contributed by atoms with Crippen molar-refractivity contribution in [3.8, 4) is 0 Å². The second-order valence-electron chi connectivity index (χ2n) is 7.18. The molecule has 0 unspecified atom stereocenters. The first-order valence-corrected chi connectivity index (χ1v) is 12.2. The Hall–Kier alpha value is -3.36. The van der Waals surface area contributed by atoms with Gasteiger partial charge in [0.05, 0.1) is 11.0 Å². The van der Waals surface area contributed by atoms with Crippen LogP contribution in [0.25, 0.3) is 0 Å². The van der Waals surface area contributed by atoms with Crippen LogP contribution in [0, 0.1) is 10.1 Å². The van der Waals surface area contributed by atoms with Gasteiger partial charge in [-0.2, -0.15) is 0 Å². The topological polar surface area (TPSA) is 249 Å². The van der Waals surface area contributed by atoms with Crippen LogP contribution in [-0.4, -0.2) is 76.5 Å². The third-order valence-corrected chi connectivity index (χ3v) is 6.44. The summed E-state index contributed by atoms with van der Waals surface area (Å²) in [5.74, 6) is -2.22. The number of carbonyl (C=O) groups excluding carboxylic acids is 3. The maximum atomic E-state index is 12.7. The van der Waals surface area contributed by atoms with E-state index < -0.39 is 51.8 Å². The van der Waals surface area contributed by atoms with E-state index in [1.807, 2.05) is 0 Å². The van der Waals surface area contributed by atoms with Gasteiger partial charge in [0.25, 0.3) is 17.5 Å². The number of thiazole rings is 1. The summed E-state index contributed by atoms with van der Waals surface area (Å²) >= 11 is 0.999. The first-order chi connectivity index (χ1) is 17.4. The van der Waals surface area contributed by atoms with Gasteiger partial charge in [-0.1, -0.05) is 5.16 Å². The molecular formula is C18H18N7NaO10S2. The van der Waals surface area contributed by atoms with E-state index >= 15 is 0 Å². The number of amides is 3. The van der Waals surface area contributed by atoms with Gasteiger partial charge in [0, 0.05) is 24.1 Å². The van der Waals surface area contributed by atoms with E-state index in [4.69, 9.17) is 10.5 Å². The maximum absolute atomic E-state index is 12.7. The van der Waals surface area contributed by atoms with Crippen LogP contribution in [0.5, 0.6) is 0 Å². The molecule has 3 amide bonds. The van der Waals surface area contributed by atoms with Gasteiger partial charge in [-0.3, -0.25) is 19.7 Å². The fourth-order valence-corrected chi connectivity index (χ4v) is 4.57. The number of nitro benzene ring substituents is 1. The normalized spacial score (nSPS) is 17.1. The Bertz CT molecular complexity index is 1350. The number of hydrogen-bond donors (Lipinski definition) is 3. The Morgan fingerprint density at radius 3 is 2.50 bits per heavy atom. The molecule has 38 heavy (non-hydrogen) atoms. The molecule has 1 aromatic carbocycles. The molecule has 0 spiro atoms. The van der Waals surface area contributed by atoms with E-state index in [1.165, 1.54) is 29.6 Å². The summed E-state index contributed by atoms with van der Waals surface area (Å²) in [7, 11) is -4.12. The van der Waals surface area contributed by atoms with Crippen molar-refractivity contribution in [1.82, 2.24) is 19.9 Å². The summed E-state index contributed by atoms with van der Waals surface area (Å²) in [4.78, 5) is 55.7. The average molecular weight is 580 g/mol. The van der Waals surface area contributed by atoms with E-state index in [2.05, 4.69) is 25.6 Å². The average Bonchev–Trinajstić information content (AvgIpc) is 3.26. The molecule has 4 N–H and O–H groups in total. The van der Waals surface area contributed by atoms with Gasteiger partial charge in [0.2, 0.25) is 0 Å². The number of nitrogens with two attached hydrogens (primary N) is 1. The Labute approximate surface area is 240 Å². The van der Waals surface area contributed by atoms with Crippen LogP contribution in [0.15, 0.2) is 34.8 Å². The van der Waals surface area contributed by atoms with Crippen molar-refractivity contribution in [3.05, 3.63) is 51.0 Å². The van der Waals surface area contributed by atoms with Crippen LogP contribution in [0.4, 0.5) is 15.6 Å². The summed E-state index contributed by atoms with van der Waals surface area (Å²) in [6.07, 6.45) is -1.05. The van der Waals surface area contributed by atoms with Gasteiger partial charge < -0.3 is 30.5 Å². The van der Waals surface area contributed by atoms with Crippen molar-refractivity contribution >= 4 is 56.1 Å². The SMILES string of the molecule is CON=C(C(=O)N[C@H]1C(=O)N(S(=O)(=O)[O-])[C@H]1CNC(=O)OCc1ccc([N+](=O)[O-])cc1)c1csc(N)n1.[Na+]. The minimum Gasteiger partial charge on any atom is -0.731 e. The number of nitro groups is 1. The van der Waals surface area contributed by atoms with Crippen molar-refractivity contribution in [2.24, 2.45) is 5.16 Å². The second-order valence-corrected chi connectivity index (χ2v) is 9.32. The fraction of sp³-hybridized carbons (Fsp3) is 0.278. The molecular weight excluding hydrogens is 561 g/mol. The van der Waals surface area contributed by atoms with Gasteiger partial charge in [-0.05, 0) is 17.7 Å². The number of carbonyl (C=O) groups is 3. The van der Waals surface area contributed by atoms with E-state index in [0.717, 1.165) is 18.4 Å². The number of aromatic nitrogens is 1. The second kappa shape index (κ2) is 12.9. The minimum atomic E-state index is -5.27. The number of nitrogens with zero attached hydrogens (tertiary/aromatic N) is 4. The van der Waals surface area contributed by atoms with Crippen LogP contribution >= 0.6 is 11.3 Å². The predicted octanol–water partition coefficient (Wildman–Crippen LogP) is -3.93. The number of nitrogen functional groups attached to an aromatic ring is 1. The predicted molar refractivity (Wildman–Crippen MR) is 124 cm³/mol. The van der Waals surface area contributed by atoms with E-state index in [9.17, 15) is 37.5 Å². The Morgan fingerprint density at radius 1 is 1.32 bits per heavy atom. The van der Waals surface area contributed by atoms with Crippen LogP contribution in [0.1, 0.15) is 11.3 Å². The Balaban J connectivity index is 0.00000507. The van der Waals surface area contributed by atoms with Crippen molar-refractivity contribution in [2.45, 2.75) is 18.7 Å². The number of β-lactam (4-membered cyclic amide) rings is 1. The monoisotopic (exact) mass is 579 g/mol. The molecule has 0 saturated carbocycles. The number of hydrogen-bond acceptors (Lipinski definition) is 14. The third kappa shape index (κ3) is 7.36. The molecule has 0 aliphatic carbocycles. The van der Waals surface area contributed by atoms with E-state index in [1.54, 1.807) is 0 Å². The quantitative estimate of drug-likeness (QED) is 0.0610. The summed E-state index contributed by atoms with van der Waals surface area (Å²) in [6, 6.07) is 2.15. The summed E-state index contributed by atoms with van der Waals surface area (Å²) < 4.78 is 39.5. The van der Waals surface area contributed by atoms with Crippen molar-refractivity contribution in [3.63, 3.8) is 0 Å². The fourth-order valence-electron chi connectivity index (χ4n) is 3.16. The number of oxime groups is 1. The molecule has 1 saturated heterocycles. The zero-order valence-electron chi connectivity index (χ0n) is 19.7. The molecule has 1 aliphatic heterocycles. The standard InChI is InChI=1S/C18H19N7O10S2.Na/c1-34-23-13(11-8-36-17(19)21-11)15(26)22-14-12(24(16(14)27)37(31,32)33)6-20-18(28)35-7-9-2-4-10(5-3-9)25(29)30;/h2-5,8,12,14H,6-7H2,1H3,(H2,19,21)(H,20,28)(H,22,26)(H,31,32,33);/q;+1/p-1/t12-,14+;/m0./s1. The Morgan fingerprint density at radius 2 is 1.97 bits per heavy atom. The summed E-state index contributed by atoms with van der Waals surface area (Å²) in [6.45, 7) is -0.873.